The Bertz CT molecular complexity index is 1920. The standard InChI is InChI=1S/C38H27N3/c1-26-11-10-17-32(25-26)27-19-21-29(22-20-27)34-24-23-28-12-8-9-18-33(28)35(34)38-40-36(30-13-4-2-5-14-30)39-37(41-38)31-15-6-3-7-16-31/h2-25H,1H3. The van der Waals surface area contributed by atoms with Gasteiger partial charge in [-0.15, -0.1) is 0 Å². The maximum absolute atomic E-state index is 5.09. The lowest BCUT2D eigenvalue weighted by atomic mass is 9.92. The van der Waals surface area contributed by atoms with E-state index < -0.39 is 0 Å². The van der Waals surface area contributed by atoms with Gasteiger partial charge in [-0.2, -0.15) is 0 Å². The van der Waals surface area contributed by atoms with E-state index >= 15 is 0 Å². The van der Waals surface area contributed by atoms with Crippen LogP contribution in [0.4, 0.5) is 0 Å². The van der Waals surface area contributed by atoms with Crippen molar-refractivity contribution >= 4 is 10.8 Å². The highest BCUT2D eigenvalue weighted by atomic mass is 15.0. The molecule has 0 radical (unpaired) electrons. The van der Waals surface area contributed by atoms with Crippen LogP contribution >= 0.6 is 0 Å². The Kier molecular flexibility index (Phi) is 6.38. The van der Waals surface area contributed by atoms with Gasteiger partial charge >= 0.3 is 0 Å². The fourth-order valence-corrected chi connectivity index (χ4v) is 5.34. The first-order valence-electron chi connectivity index (χ1n) is 13.8. The van der Waals surface area contributed by atoms with Crippen LogP contribution in [0, 0.1) is 6.92 Å². The minimum atomic E-state index is 0.656. The van der Waals surface area contributed by atoms with E-state index in [1.165, 1.54) is 16.7 Å². The summed E-state index contributed by atoms with van der Waals surface area (Å²) in [4.78, 5) is 15.1. The molecular formula is C38H27N3. The van der Waals surface area contributed by atoms with Crippen molar-refractivity contribution in [1.29, 1.82) is 0 Å². The molecule has 0 aliphatic carbocycles. The highest BCUT2D eigenvalue weighted by molar-refractivity contribution is 6.03. The fraction of sp³-hybridized carbons (Fsp3) is 0.0263. The van der Waals surface area contributed by atoms with Gasteiger partial charge in [-0.05, 0) is 39.9 Å². The summed E-state index contributed by atoms with van der Waals surface area (Å²) in [7, 11) is 0. The lowest BCUT2D eigenvalue weighted by Gasteiger charge is -2.15. The number of benzene rings is 6. The van der Waals surface area contributed by atoms with Gasteiger partial charge in [0, 0.05) is 16.7 Å². The van der Waals surface area contributed by atoms with E-state index in [2.05, 4.69) is 91.9 Å². The van der Waals surface area contributed by atoms with Crippen LogP contribution in [0.15, 0.2) is 146 Å². The molecule has 1 heterocycles. The van der Waals surface area contributed by atoms with Gasteiger partial charge in [0.05, 0.1) is 0 Å². The van der Waals surface area contributed by atoms with Crippen LogP contribution in [0.3, 0.4) is 0 Å². The largest absolute Gasteiger partial charge is 0.208 e. The third-order valence-electron chi connectivity index (χ3n) is 7.40. The smallest absolute Gasteiger partial charge is 0.165 e. The summed E-state index contributed by atoms with van der Waals surface area (Å²) < 4.78 is 0. The van der Waals surface area contributed by atoms with E-state index in [0.29, 0.717) is 17.5 Å². The number of hydrogen-bond donors (Lipinski definition) is 0. The van der Waals surface area contributed by atoms with Crippen LogP contribution in [-0.2, 0) is 0 Å². The SMILES string of the molecule is Cc1cccc(-c2ccc(-c3ccc4ccccc4c3-c3nc(-c4ccccc4)nc(-c4ccccc4)n3)cc2)c1. The van der Waals surface area contributed by atoms with Crippen molar-refractivity contribution < 1.29 is 0 Å². The number of aromatic nitrogens is 3. The maximum Gasteiger partial charge on any atom is 0.165 e. The highest BCUT2D eigenvalue weighted by Gasteiger charge is 2.18. The number of rotatable bonds is 5. The van der Waals surface area contributed by atoms with Gasteiger partial charge in [-0.3, -0.25) is 0 Å². The van der Waals surface area contributed by atoms with Crippen molar-refractivity contribution in [2.45, 2.75) is 6.92 Å². The normalized spacial score (nSPS) is 11.0. The average molecular weight is 526 g/mol. The molecule has 194 valence electrons. The summed E-state index contributed by atoms with van der Waals surface area (Å²) in [6.45, 7) is 2.13. The van der Waals surface area contributed by atoms with Gasteiger partial charge < -0.3 is 0 Å². The molecule has 0 spiro atoms. The first kappa shape index (κ1) is 24.6. The topological polar surface area (TPSA) is 38.7 Å². The van der Waals surface area contributed by atoms with Crippen LogP contribution in [0.1, 0.15) is 5.56 Å². The Hall–Kier alpha value is -5.41. The molecule has 7 rings (SSSR count). The first-order valence-corrected chi connectivity index (χ1v) is 13.8. The molecule has 0 atom stereocenters. The zero-order valence-electron chi connectivity index (χ0n) is 22.7. The molecule has 0 bridgehead atoms. The zero-order valence-corrected chi connectivity index (χ0v) is 22.7. The number of aryl methyl sites for hydroxylation is 1. The molecule has 0 N–H and O–H groups in total. The van der Waals surface area contributed by atoms with Gasteiger partial charge in [-0.25, -0.2) is 15.0 Å². The molecule has 41 heavy (non-hydrogen) atoms. The van der Waals surface area contributed by atoms with Gasteiger partial charge in [0.25, 0.3) is 0 Å². The summed E-state index contributed by atoms with van der Waals surface area (Å²) in [5, 5.41) is 2.25. The van der Waals surface area contributed by atoms with Crippen LogP contribution in [0.25, 0.3) is 67.2 Å². The Morgan fingerprint density at radius 3 is 1.61 bits per heavy atom. The van der Waals surface area contributed by atoms with E-state index in [4.69, 9.17) is 15.0 Å². The van der Waals surface area contributed by atoms with Gasteiger partial charge in [0.1, 0.15) is 0 Å². The predicted octanol–water partition coefficient (Wildman–Crippen LogP) is 9.67. The van der Waals surface area contributed by atoms with Crippen LogP contribution in [0.5, 0.6) is 0 Å². The van der Waals surface area contributed by atoms with E-state index in [-0.39, 0.29) is 0 Å². The van der Waals surface area contributed by atoms with Gasteiger partial charge in [0.2, 0.25) is 0 Å². The number of nitrogens with zero attached hydrogens (tertiary/aromatic N) is 3. The minimum absolute atomic E-state index is 0.656. The molecule has 0 unspecified atom stereocenters. The monoisotopic (exact) mass is 525 g/mol. The number of fused-ring (bicyclic) bond motifs is 1. The van der Waals surface area contributed by atoms with Crippen molar-refractivity contribution in [2.75, 3.05) is 0 Å². The molecule has 1 aromatic heterocycles. The predicted molar refractivity (Wildman–Crippen MR) is 169 cm³/mol. The van der Waals surface area contributed by atoms with Crippen molar-refractivity contribution in [3.05, 3.63) is 151 Å². The Morgan fingerprint density at radius 1 is 0.390 bits per heavy atom. The third kappa shape index (κ3) is 4.90. The average Bonchev–Trinajstić information content (AvgIpc) is 3.05. The Morgan fingerprint density at radius 2 is 0.951 bits per heavy atom. The van der Waals surface area contributed by atoms with E-state index in [1.54, 1.807) is 0 Å². The molecule has 7 aromatic rings. The lowest BCUT2D eigenvalue weighted by molar-refractivity contribution is 1.08. The summed E-state index contributed by atoms with van der Waals surface area (Å²) in [6, 6.07) is 50.5. The molecule has 3 nitrogen and oxygen atoms in total. The molecule has 0 amide bonds. The second-order valence-electron chi connectivity index (χ2n) is 10.2. The van der Waals surface area contributed by atoms with Crippen molar-refractivity contribution in [2.24, 2.45) is 0 Å². The molecule has 0 aliphatic rings. The number of hydrogen-bond acceptors (Lipinski definition) is 3. The van der Waals surface area contributed by atoms with Crippen LogP contribution < -0.4 is 0 Å². The summed E-state index contributed by atoms with van der Waals surface area (Å²) in [6.07, 6.45) is 0. The third-order valence-corrected chi connectivity index (χ3v) is 7.40. The second-order valence-corrected chi connectivity index (χ2v) is 10.2. The molecule has 0 fully saturated rings. The molecule has 6 aromatic carbocycles. The minimum Gasteiger partial charge on any atom is -0.208 e. The molecule has 0 aliphatic heterocycles. The van der Waals surface area contributed by atoms with E-state index in [9.17, 15) is 0 Å². The Balaban J connectivity index is 1.45. The lowest BCUT2D eigenvalue weighted by Crippen LogP contribution is -2.01. The molecule has 0 saturated carbocycles. The second kappa shape index (κ2) is 10.6. The van der Waals surface area contributed by atoms with Gasteiger partial charge in [-0.1, -0.05) is 151 Å². The molecule has 0 saturated heterocycles. The van der Waals surface area contributed by atoms with Crippen molar-refractivity contribution in [3.63, 3.8) is 0 Å². The zero-order chi connectivity index (χ0) is 27.6. The van der Waals surface area contributed by atoms with Crippen LogP contribution in [0.2, 0.25) is 0 Å². The quantitative estimate of drug-likeness (QED) is 0.224. The first-order chi connectivity index (χ1) is 20.2. The molecule has 3 heteroatoms. The summed E-state index contributed by atoms with van der Waals surface area (Å²) in [5.41, 5.74) is 8.78. The Labute approximate surface area is 239 Å². The van der Waals surface area contributed by atoms with E-state index in [0.717, 1.165) is 38.6 Å². The van der Waals surface area contributed by atoms with Gasteiger partial charge in [0.15, 0.2) is 17.5 Å². The highest BCUT2D eigenvalue weighted by Crippen LogP contribution is 2.38. The maximum atomic E-state index is 5.09. The fourth-order valence-electron chi connectivity index (χ4n) is 5.34. The van der Waals surface area contributed by atoms with Crippen molar-refractivity contribution in [1.82, 2.24) is 15.0 Å². The molecular weight excluding hydrogens is 498 g/mol. The van der Waals surface area contributed by atoms with Crippen molar-refractivity contribution in [3.8, 4) is 56.4 Å². The van der Waals surface area contributed by atoms with E-state index in [1.807, 2.05) is 60.7 Å². The van der Waals surface area contributed by atoms with Crippen LogP contribution in [-0.4, -0.2) is 15.0 Å². The summed E-state index contributed by atoms with van der Waals surface area (Å²) >= 11 is 0. The summed E-state index contributed by atoms with van der Waals surface area (Å²) in [5.74, 6) is 1.97.